The van der Waals surface area contributed by atoms with E-state index in [1.165, 1.54) is 25.2 Å². The molecule has 9 heteroatoms. The first-order valence-electron chi connectivity index (χ1n) is 7.87. The van der Waals surface area contributed by atoms with E-state index in [1.807, 2.05) is 0 Å². The van der Waals surface area contributed by atoms with Crippen LogP contribution in [0.2, 0.25) is 0 Å². The van der Waals surface area contributed by atoms with Gasteiger partial charge in [0.2, 0.25) is 0 Å². The largest absolute Gasteiger partial charge is 0.454 e. The number of hydrogen-bond acceptors (Lipinski definition) is 3. The van der Waals surface area contributed by atoms with Crippen molar-refractivity contribution in [2.75, 3.05) is 5.73 Å². The van der Waals surface area contributed by atoms with Crippen molar-refractivity contribution in [1.82, 2.24) is 4.57 Å². The highest BCUT2D eigenvalue weighted by Gasteiger charge is 2.35. The quantitative estimate of drug-likeness (QED) is 0.515. The molecule has 4 nitrogen and oxygen atoms in total. The van der Waals surface area contributed by atoms with E-state index in [0.717, 1.165) is 22.9 Å². The molecule has 3 aromatic rings. The molecule has 3 rings (SSSR count). The molecule has 1 heterocycles. The highest BCUT2D eigenvalue weighted by molar-refractivity contribution is 5.76. The second-order valence-electron chi connectivity index (χ2n) is 5.98. The van der Waals surface area contributed by atoms with Crippen molar-refractivity contribution in [1.29, 1.82) is 0 Å². The zero-order valence-corrected chi connectivity index (χ0v) is 14.3. The van der Waals surface area contributed by atoms with Crippen LogP contribution in [0.25, 0.3) is 11.1 Å². The Morgan fingerprint density at radius 2 is 1.64 bits per heavy atom. The molecule has 0 saturated heterocycles. The third-order valence-corrected chi connectivity index (χ3v) is 3.94. The fourth-order valence-corrected chi connectivity index (χ4v) is 2.60. The molecule has 0 aliphatic heterocycles. The number of alkyl halides is 3. The summed E-state index contributed by atoms with van der Waals surface area (Å²) in [6.45, 7) is 0. The summed E-state index contributed by atoms with van der Waals surface area (Å²) in [7, 11) is 1.29. The average molecular weight is 396 g/mol. The van der Waals surface area contributed by atoms with Crippen molar-refractivity contribution in [3.63, 3.8) is 0 Å². The summed E-state index contributed by atoms with van der Waals surface area (Å²) in [5.74, 6) is -2.39. The second-order valence-corrected chi connectivity index (χ2v) is 5.98. The fraction of sp³-hybridized carbons (Fsp3) is 0.105. The molecule has 0 spiro atoms. The number of halogens is 5. The van der Waals surface area contributed by atoms with Gasteiger partial charge in [0.15, 0.2) is 11.6 Å². The van der Waals surface area contributed by atoms with Gasteiger partial charge in [0.25, 0.3) is 5.56 Å². The Balaban J connectivity index is 2.22. The van der Waals surface area contributed by atoms with Gasteiger partial charge in [-0.15, -0.1) is 0 Å². The third kappa shape index (κ3) is 3.83. The highest BCUT2D eigenvalue weighted by Crippen LogP contribution is 2.41. The van der Waals surface area contributed by atoms with Gasteiger partial charge in [-0.25, -0.2) is 8.78 Å². The molecule has 28 heavy (non-hydrogen) atoms. The molecular formula is C19H13F5N2O2. The number of nitrogens with two attached hydrogens (primary N) is 1. The van der Waals surface area contributed by atoms with Crippen molar-refractivity contribution in [3.8, 4) is 22.6 Å². The minimum atomic E-state index is -4.83. The van der Waals surface area contributed by atoms with E-state index in [-0.39, 0.29) is 28.3 Å². The smallest absolute Gasteiger partial charge is 0.417 e. The minimum Gasteiger partial charge on any atom is -0.454 e. The van der Waals surface area contributed by atoms with Crippen molar-refractivity contribution in [2.24, 2.45) is 7.05 Å². The molecule has 0 bridgehead atoms. The molecule has 0 unspecified atom stereocenters. The predicted molar refractivity (Wildman–Crippen MR) is 93.0 cm³/mol. The maximum absolute atomic E-state index is 13.9. The van der Waals surface area contributed by atoms with Crippen LogP contribution in [-0.2, 0) is 13.2 Å². The number of benzene rings is 2. The summed E-state index contributed by atoms with van der Waals surface area (Å²) in [5, 5.41) is 0. The maximum atomic E-state index is 13.9. The molecule has 0 aliphatic rings. The summed E-state index contributed by atoms with van der Waals surface area (Å²) in [5.41, 5.74) is 3.31. The van der Waals surface area contributed by atoms with E-state index in [1.54, 1.807) is 0 Å². The average Bonchev–Trinajstić information content (AvgIpc) is 2.60. The van der Waals surface area contributed by atoms with Gasteiger partial charge in [0, 0.05) is 42.2 Å². The summed E-state index contributed by atoms with van der Waals surface area (Å²) < 4.78 is 73.8. The molecule has 0 aliphatic carbocycles. The van der Waals surface area contributed by atoms with Crippen LogP contribution in [-0.4, -0.2) is 4.57 Å². The van der Waals surface area contributed by atoms with Crippen molar-refractivity contribution < 1.29 is 26.7 Å². The first-order chi connectivity index (χ1) is 13.1. The number of nitrogens with zero attached hydrogens (tertiary/aromatic N) is 1. The molecule has 0 radical (unpaired) electrons. The summed E-state index contributed by atoms with van der Waals surface area (Å²) in [6, 6.07) is 6.83. The van der Waals surface area contributed by atoms with Gasteiger partial charge in [-0.3, -0.25) is 4.79 Å². The molecule has 0 atom stereocenters. The zero-order valence-electron chi connectivity index (χ0n) is 14.3. The number of anilines is 1. The van der Waals surface area contributed by atoms with Crippen molar-refractivity contribution in [2.45, 2.75) is 6.18 Å². The number of nitrogen functional groups attached to an aromatic ring is 1. The topological polar surface area (TPSA) is 57.2 Å². The summed E-state index contributed by atoms with van der Waals surface area (Å²) in [4.78, 5) is 11.7. The van der Waals surface area contributed by atoms with Crippen LogP contribution in [0.3, 0.4) is 0 Å². The fourth-order valence-electron chi connectivity index (χ4n) is 2.60. The lowest BCUT2D eigenvalue weighted by molar-refractivity contribution is -0.137. The molecule has 146 valence electrons. The first kappa shape index (κ1) is 19.4. The van der Waals surface area contributed by atoms with E-state index >= 15 is 0 Å². The lowest BCUT2D eigenvalue weighted by Gasteiger charge is -2.17. The third-order valence-electron chi connectivity index (χ3n) is 3.94. The van der Waals surface area contributed by atoms with Crippen LogP contribution >= 0.6 is 0 Å². The molecule has 1 aromatic heterocycles. The standard InChI is InChI=1S/C19H13F5N2O2/c1-26-9-13(14(8-18(26)27)19(22,23)24)12-7-11(25)3-5-16(12)28-17-4-2-10(20)6-15(17)21/h2-9H,25H2,1H3. The van der Waals surface area contributed by atoms with Gasteiger partial charge in [0.1, 0.15) is 11.6 Å². The summed E-state index contributed by atoms with van der Waals surface area (Å²) >= 11 is 0. The number of aryl methyl sites for hydroxylation is 1. The Labute approximate surface area is 155 Å². The monoisotopic (exact) mass is 396 g/mol. The molecule has 0 amide bonds. The number of ether oxygens (including phenoxy) is 1. The van der Waals surface area contributed by atoms with E-state index in [0.29, 0.717) is 12.1 Å². The van der Waals surface area contributed by atoms with Crippen LogP contribution in [0, 0.1) is 11.6 Å². The predicted octanol–water partition coefficient (Wildman–Crippen LogP) is 4.72. The maximum Gasteiger partial charge on any atom is 0.417 e. The van der Waals surface area contributed by atoms with Crippen LogP contribution in [0.4, 0.5) is 27.6 Å². The van der Waals surface area contributed by atoms with Gasteiger partial charge in [-0.2, -0.15) is 13.2 Å². The number of hydrogen-bond donors (Lipinski definition) is 1. The lowest BCUT2D eigenvalue weighted by Crippen LogP contribution is -2.20. The normalized spacial score (nSPS) is 11.5. The van der Waals surface area contributed by atoms with Gasteiger partial charge in [0.05, 0.1) is 5.56 Å². The molecule has 2 aromatic carbocycles. The van der Waals surface area contributed by atoms with Crippen LogP contribution in [0.15, 0.2) is 53.5 Å². The molecular weight excluding hydrogens is 383 g/mol. The highest BCUT2D eigenvalue weighted by atomic mass is 19.4. The van der Waals surface area contributed by atoms with Crippen LogP contribution < -0.4 is 16.0 Å². The zero-order chi connectivity index (χ0) is 20.6. The van der Waals surface area contributed by atoms with Gasteiger partial charge >= 0.3 is 6.18 Å². The van der Waals surface area contributed by atoms with Crippen molar-refractivity contribution >= 4 is 5.69 Å². The second kappa shape index (κ2) is 6.99. The van der Waals surface area contributed by atoms with Gasteiger partial charge in [-0.1, -0.05) is 0 Å². The Morgan fingerprint density at radius 3 is 2.29 bits per heavy atom. The molecule has 0 saturated carbocycles. The first-order valence-corrected chi connectivity index (χ1v) is 7.87. The van der Waals surface area contributed by atoms with E-state index < -0.39 is 28.9 Å². The van der Waals surface area contributed by atoms with E-state index in [9.17, 15) is 26.7 Å². The Bertz CT molecular complexity index is 1110. The Hall–Kier alpha value is -3.36. The van der Waals surface area contributed by atoms with Crippen LogP contribution in [0.5, 0.6) is 11.5 Å². The number of pyridine rings is 1. The number of rotatable bonds is 3. The minimum absolute atomic E-state index is 0.105. The van der Waals surface area contributed by atoms with Crippen LogP contribution in [0.1, 0.15) is 5.56 Å². The van der Waals surface area contributed by atoms with Gasteiger partial charge in [-0.05, 0) is 30.3 Å². The van der Waals surface area contributed by atoms with E-state index in [2.05, 4.69) is 0 Å². The SMILES string of the molecule is Cn1cc(-c2cc(N)ccc2Oc2ccc(F)cc2F)c(C(F)(F)F)cc1=O. The van der Waals surface area contributed by atoms with Gasteiger partial charge < -0.3 is 15.0 Å². The number of aromatic nitrogens is 1. The Morgan fingerprint density at radius 1 is 0.964 bits per heavy atom. The Kier molecular flexibility index (Phi) is 4.84. The van der Waals surface area contributed by atoms with E-state index in [4.69, 9.17) is 10.5 Å². The lowest BCUT2D eigenvalue weighted by atomic mass is 10.00. The van der Waals surface area contributed by atoms with Crippen molar-refractivity contribution in [3.05, 3.63) is 76.2 Å². The molecule has 2 N–H and O–H groups in total. The summed E-state index contributed by atoms with van der Waals surface area (Å²) in [6.07, 6.45) is -3.83. The molecule has 0 fully saturated rings.